The molecule has 0 saturated carbocycles. The van der Waals surface area contributed by atoms with Crippen molar-refractivity contribution >= 4 is 20.4 Å². The van der Waals surface area contributed by atoms with E-state index < -0.39 is 9.04 Å². The third-order valence-electron chi connectivity index (χ3n) is 2.70. The minimum Gasteiger partial charge on any atom is -0.546 e. The van der Waals surface area contributed by atoms with Crippen molar-refractivity contribution in [3.8, 4) is 5.75 Å². The fourth-order valence-electron chi connectivity index (χ4n) is 1.85. The van der Waals surface area contributed by atoms with Crippen LogP contribution in [0.2, 0.25) is 13.1 Å². The number of rotatable bonds is 4. The summed E-state index contributed by atoms with van der Waals surface area (Å²) in [7, 11) is 0.834. The summed E-state index contributed by atoms with van der Waals surface area (Å²) in [6.45, 7) is 6.28. The zero-order valence-corrected chi connectivity index (χ0v) is 12.9. The number of benzene rings is 1. The molecule has 19 heavy (non-hydrogen) atoms. The number of imidazole rings is 1. The van der Waals surface area contributed by atoms with E-state index in [1.54, 1.807) is 6.33 Å². The third-order valence-corrected chi connectivity index (χ3v) is 3.43. The minimum atomic E-state index is -1.13. The van der Waals surface area contributed by atoms with Gasteiger partial charge in [-0.05, 0) is 32.2 Å². The summed E-state index contributed by atoms with van der Waals surface area (Å²) in [5, 5.41) is 0. The summed E-state index contributed by atoms with van der Waals surface area (Å²) in [5.74, 6) is 0.866. The molecule has 1 aromatic heterocycles. The highest BCUT2D eigenvalue weighted by atomic mass is 28.3. The molecule has 2 aromatic rings. The lowest BCUT2D eigenvalue weighted by Crippen LogP contribution is -2.11. The molecule has 4 nitrogen and oxygen atoms in total. The Bertz CT molecular complexity index is 590. The van der Waals surface area contributed by atoms with Crippen LogP contribution in [-0.2, 0) is 7.05 Å². The first-order valence-electron chi connectivity index (χ1n) is 6.35. The van der Waals surface area contributed by atoms with Crippen LogP contribution in [0, 0.1) is 0 Å². The molecule has 0 unspecified atom stereocenters. The smallest absolute Gasteiger partial charge is 0.229 e. The number of para-hydroxylation sites is 2. The molecule has 0 bridgehead atoms. The lowest BCUT2D eigenvalue weighted by molar-refractivity contribution is 0.582. The van der Waals surface area contributed by atoms with E-state index in [0.29, 0.717) is 0 Å². The van der Waals surface area contributed by atoms with Gasteiger partial charge in [-0.2, -0.15) is 0 Å². The van der Waals surface area contributed by atoms with Crippen LogP contribution in [0.4, 0.5) is 5.69 Å². The maximum Gasteiger partial charge on any atom is 0.229 e. The van der Waals surface area contributed by atoms with Crippen molar-refractivity contribution in [2.75, 3.05) is 0 Å². The molecule has 0 aliphatic heterocycles. The number of hydrogen-bond donors (Lipinski definition) is 0. The van der Waals surface area contributed by atoms with E-state index in [4.69, 9.17) is 4.43 Å². The quantitative estimate of drug-likeness (QED) is 0.634. The molecule has 1 heterocycles. The van der Waals surface area contributed by atoms with Gasteiger partial charge in [-0.1, -0.05) is 12.1 Å². The van der Waals surface area contributed by atoms with Crippen LogP contribution in [0.1, 0.15) is 12.6 Å². The summed E-state index contributed by atoms with van der Waals surface area (Å²) >= 11 is 0. The van der Waals surface area contributed by atoms with Crippen LogP contribution in [-0.4, -0.2) is 24.3 Å². The van der Waals surface area contributed by atoms with Crippen molar-refractivity contribution in [1.29, 1.82) is 0 Å². The molecule has 0 saturated heterocycles. The Hall–Kier alpha value is -1.88. The first kappa shape index (κ1) is 13.5. The second-order valence-electron chi connectivity index (χ2n) is 4.72. The molecule has 0 N–H and O–H groups in total. The molecule has 0 atom stereocenters. The minimum absolute atomic E-state index is 0.866. The molecular weight excluding hydrogens is 254 g/mol. The van der Waals surface area contributed by atoms with Gasteiger partial charge < -0.3 is 8.99 Å². The third kappa shape index (κ3) is 3.32. The summed E-state index contributed by atoms with van der Waals surface area (Å²) in [5.41, 5.74) is 2.82. The molecule has 0 radical (unpaired) electrons. The van der Waals surface area contributed by atoms with Crippen molar-refractivity contribution < 1.29 is 4.43 Å². The predicted octanol–water partition coefficient (Wildman–Crippen LogP) is 2.92. The van der Waals surface area contributed by atoms with Crippen LogP contribution >= 0.6 is 0 Å². The normalized spacial score (nSPS) is 11.9. The second-order valence-corrected chi connectivity index (χ2v) is 7.05. The highest BCUT2D eigenvalue weighted by Crippen LogP contribution is 2.28. The van der Waals surface area contributed by atoms with Gasteiger partial charge in [0.2, 0.25) is 9.04 Å². The fraction of sp³-hybridized carbons (Fsp3) is 0.286. The molecule has 0 amide bonds. The van der Waals surface area contributed by atoms with Crippen LogP contribution in [0.5, 0.6) is 5.75 Å². The maximum atomic E-state index is 5.90. The van der Waals surface area contributed by atoms with Gasteiger partial charge in [-0.3, -0.25) is 0 Å². The summed E-state index contributed by atoms with van der Waals surface area (Å²) < 4.78 is 7.86. The average molecular weight is 273 g/mol. The standard InChI is InChI=1S/C14H19N3OSi/c1-11(13-9-15-10-17(13)2)16-12-7-5-6-8-14(12)18-19(3)4/h5-10,19H,1-4H3. The Kier molecular flexibility index (Phi) is 4.16. The second kappa shape index (κ2) is 5.84. The molecule has 5 heteroatoms. The van der Waals surface area contributed by atoms with E-state index in [-0.39, 0.29) is 0 Å². The van der Waals surface area contributed by atoms with Crippen molar-refractivity contribution in [3.63, 3.8) is 0 Å². The highest BCUT2D eigenvalue weighted by molar-refractivity contribution is 6.49. The van der Waals surface area contributed by atoms with E-state index in [1.807, 2.05) is 49.0 Å². The topological polar surface area (TPSA) is 39.4 Å². The first-order chi connectivity index (χ1) is 9.08. The van der Waals surface area contributed by atoms with E-state index in [9.17, 15) is 0 Å². The molecule has 0 fully saturated rings. The lowest BCUT2D eigenvalue weighted by Gasteiger charge is -2.12. The fourth-order valence-corrected chi connectivity index (χ4v) is 2.55. The van der Waals surface area contributed by atoms with Crippen molar-refractivity contribution in [2.24, 2.45) is 12.0 Å². The molecule has 1 aromatic carbocycles. The predicted molar refractivity (Wildman–Crippen MR) is 81.0 cm³/mol. The van der Waals surface area contributed by atoms with Gasteiger partial charge in [0.05, 0.1) is 23.9 Å². The zero-order valence-electron chi connectivity index (χ0n) is 11.8. The van der Waals surface area contributed by atoms with E-state index >= 15 is 0 Å². The van der Waals surface area contributed by atoms with Gasteiger partial charge in [0.1, 0.15) is 11.4 Å². The summed E-state index contributed by atoms with van der Waals surface area (Å²) in [4.78, 5) is 8.78. The van der Waals surface area contributed by atoms with Gasteiger partial charge in [-0.15, -0.1) is 0 Å². The number of nitrogens with zero attached hydrogens (tertiary/aromatic N) is 3. The Morgan fingerprint density at radius 1 is 1.32 bits per heavy atom. The Morgan fingerprint density at radius 2 is 2.05 bits per heavy atom. The number of hydrogen-bond acceptors (Lipinski definition) is 3. The molecule has 0 spiro atoms. The molecule has 100 valence electrons. The van der Waals surface area contributed by atoms with Crippen molar-refractivity contribution in [2.45, 2.75) is 20.0 Å². The summed E-state index contributed by atoms with van der Waals surface area (Å²) in [6.07, 6.45) is 3.59. The van der Waals surface area contributed by atoms with Crippen LogP contribution < -0.4 is 4.43 Å². The molecular formula is C14H19N3OSi. The van der Waals surface area contributed by atoms with Crippen molar-refractivity contribution in [3.05, 3.63) is 42.5 Å². The van der Waals surface area contributed by atoms with Gasteiger partial charge in [0, 0.05) is 7.05 Å². The molecule has 0 aliphatic carbocycles. The van der Waals surface area contributed by atoms with Gasteiger partial charge >= 0.3 is 0 Å². The van der Waals surface area contributed by atoms with Crippen LogP contribution in [0.15, 0.2) is 41.8 Å². The number of aliphatic imine (C=N–C) groups is 1. The SMILES string of the molecule is CC(=Nc1ccccc1O[SiH](C)C)c1cncn1C. The van der Waals surface area contributed by atoms with Gasteiger partial charge in [-0.25, -0.2) is 9.98 Å². The summed E-state index contributed by atoms with van der Waals surface area (Å²) in [6, 6.07) is 7.91. The molecule has 0 aliphatic rings. The van der Waals surface area contributed by atoms with Gasteiger partial charge in [0.15, 0.2) is 0 Å². The van der Waals surface area contributed by atoms with E-state index in [2.05, 4.69) is 23.1 Å². The van der Waals surface area contributed by atoms with Crippen LogP contribution in [0.25, 0.3) is 0 Å². The average Bonchev–Trinajstić information content (AvgIpc) is 2.77. The highest BCUT2D eigenvalue weighted by Gasteiger charge is 2.07. The number of aromatic nitrogens is 2. The largest absolute Gasteiger partial charge is 0.546 e. The molecule has 2 rings (SSSR count). The lowest BCUT2D eigenvalue weighted by atomic mass is 10.2. The Morgan fingerprint density at radius 3 is 2.68 bits per heavy atom. The van der Waals surface area contributed by atoms with Crippen molar-refractivity contribution in [1.82, 2.24) is 9.55 Å². The monoisotopic (exact) mass is 273 g/mol. The zero-order chi connectivity index (χ0) is 13.8. The van der Waals surface area contributed by atoms with Gasteiger partial charge in [0.25, 0.3) is 0 Å². The maximum absolute atomic E-state index is 5.90. The number of aryl methyl sites for hydroxylation is 1. The Labute approximate surface area is 115 Å². The van der Waals surface area contributed by atoms with E-state index in [1.165, 1.54) is 0 Å². The van der Waals surface area contributed by atoms with Crippen LogP contribution in [0.3, 0.4) is 0 Å². The van der Waals surface area contributed by atoms with E-state index in [0.717, 1.165) is 22.8 Å². The first-order valence-corrected chi connectivity index (χ1v) is 9.13. The Balaban J connectivity index is 2.35.